The van der Waals surface area contributed by atoms with E-state index in [2.05, 4.69) is 18.7 Å². The van der Waals surface area contributed by atoms with Crippen LogP contribution in [0.5, 0.6) is 0 Å². The summed E-state index contributed by atoms with van der Waals surface area (Å²) in [6.07, 6.45) is 9.16. The van der Waals surface area contributed by atoms with Crippen molar-refractivity contribution in [1.29, 1.82) is 0 Å². The lowest BCUT2D eigenvalue weighted by molar-refractivity contribution is -0.137. The summed E-state index contributed by atoms with van der Waals surface area (Å²) in [6.45, 7) is 3.80. The highest BCUT2D eigenvalue weighted by atomic mass is 32.2. The van der Waals surface area contributed by atoms with Gasteiger partial charge in [-0.3, -0.25) is 0 Å². The van der Waals surface area contributed by atoms with Gasteiger partial charge in [-0.25, -0.2) is 9.59 Å². The van der Waals surface area contributed by atoms with E-state index in [4.69, 9.17) is 9.15 Å². The van der Waals surface area contributed by atoms with Crippen molar-refractivity contribution in [1.82, 2.24) is 0 Å². The van der Waals surface area contributed by atoms with Crippen LogP contribution in [-0.2, 0) is 9.53 Å². The largest absolute Gasteiger partial charge is 0.463 e. The Morgan fingerprint density at radius 1 is 1.21 bits per heavy atom. The van der Waals surface area contributed by atoms with Gasteiger partial charge in [0.25, 0.3) is 0 Å². The first-order chi connectivity index (χ1) is 13.7. The number of thioether (sulfide) groups is 2. The Labute approximate surface area is 174 Å². The van der Waals surface area contributed by atoms with Crippen molar-refractivity contribution < 1.29 is 13.9 Å². The van der Waals surface area contributed by atoms with Gasteiger partial charge < -0.3 is 9.15 Å². The van der Waals surface area contributed by atoms with Gasteiger partial charge in [0, 0.05) is 32.6 Å². The highest BCUT2D eigenvalue weighted by Crippen LogP contribution is 2.37. The second-order valence-corrected chi connectivity index (χ2v) is 9.40. The van der Waals surface area contributed by atoms with Crippen molar-refractivity contribution in [2.24, 2.45) is 0 Å². The van der Waals surface area contributed by atoms with Crippen molar-refractivity contribution in [2.45, 2.75) is 60.0 Å². The summed E-state index contributed by atoms with van der Waals surface area (Å²) >= 11 is 3.58. The summed E-state index contributed by atoms with van der Waals surface area (Å²) in [5.74, 6) is 0.536. The van der Waals surface area contributed by atoms with E-state index in [9.17, 15) is 9.59 Å². The van der Waals surface area contributed by atoms with E-state index in [1.807, 2.05) is 17.8 Å². The second-order valence-electron chi connectivity index (χ2n) is 6.89. The summed E-state index contributed by atoms with van der Waals surface area (Å²) in [7, 11) is 0. The van der Waals surface area contributed by atoms with Crippen molar-refractivity contribution in [2.75, 3.05) is 12.4 Å². The van der Waals surface area contributed by atoms with Gasteiger partial charge in [-0.15, -0.1) is 23.5 Å². The fourth-order valence-electron chi connectivity index (χ4n) is 3.30. The molecule has 150 valence electrons. The van der Waals surface area contributed by atoms with Crippen LogP contribution in [0.4, 0.5) is 0 Å². The van der Waals surface area contributed by atoms with Gasteiger partial charge in [0.1, 0.15) is 5.58 Å². The summed E-state index contributed by atoms with van der Waals surface area (Å²) in [5.41, 5.74) is 0.378. The van der Waals surface area contributed by atoms with Crippen LogP contribution in [0, 0.1) is 0 Å². The number of ether oxygens (including phenoxy) is 1. The molecule has 0 saturated heterocycles. The van der Waals surface area contributed by atoms with Gasteiger partial charge in [0.15, 0.2) is 0 Å². The molecule has 0 unspecified atom stereocenters. The maximum absolute atomic E-state index is 12.0. The van der Waals surface area contributed by atoms with E-state index in [1.54, 1.807) is 17.8 Å². The predicted molar refractivity (Wildman–Crippen MR) is 116 cm³/mol. The maximum Gasteiger partial charge on any atom is 0.337 e. The minimum absolute atomic E-state index is 0.297. The number of carbonyl (C=O) groups is 1. The van der Waals surface area contributed by atoms with Gasteiger partial charge in [0.2, 0.25) is 0 Å². The van der Waals surface area contributed by atoms with Crippen molar-refractivity contribution in [3.8, 4) is 0 Å². The van der Waals surface area contributed by atoms with Crippen LogP contribution in [0.15, 0.2) is 55.9 Å². The number of unbranched alkanes of at least 4 members (excludes halogenated alkanes) is 2. The first-order valence-corrected chi connectivity index (χ1v) is 11.7. The summed E-state index contributed by atoms with van der Waals surface area (Å²) in [6, 6.07) is 7.82. The zero-order valence-corrected chi connectivity index (χ0v) is 17.6. The first-order valence-electron chi connectivity index (χ1n) is 9.82. The van der Waals surface area contributed by atoms with Crippen molar-refractivity contribution in [3.63, 3.8) is 0 Å². The van der Waals surface area contributed by atoms with E-state index in [-0.39, 0.29) is 11.6 Å². The molecule has 0 aliphatic heterocycles. The van der Waals surface area contributed by atoms with Gasteiger partial charge in [-0.1, -0.05) is 19.4 Å². The minimum atomic E-state index is -0.373. The molecule has 0 amide bonds. The number of benzene rings is 1. The Hall–Kier alpha value is -1.66. The molecule has 0 spiro atoms. The zero-order chi connectivity index (χ0) is 19.8. The third kappa shape index (κ3) is 6.17. The molecule has 0 bridgehead atoms. The van der Waals surface area contributed by atoms with Gasteiger partial charge >= 0.3 is 11.6 Å². The Morgan fingerprint density at radius 3 is 2.82 bits per heavy atom. The molecular formula is C22H26O4S2. The molecule has 0 atom stereocenters. The Balaban J connectivity index is 1.54. The standard InChI is InChI=1S/C22H26O4S2/c1-2-21(23)25-12-6-3-7-13-27-20-15-22(24)26-19-14-17(10-11-18(19)20)28-16-8-4-5-9-16/h2,10-11,14-16H,1,3-9,12-13H2. The molecule has 1 aromatic heterocycles. The zero-order valence-electron chi connectivity index (χ0n) is 16.0. The monoisotopic (exact) mass is 418 g/mol. The topological polar surface area (TPSA) is 56.5 Å². The molecule has 0 N–H and O–H groups in total. The number of esters is 1. The molecule has 2 aromatic rings. The summed E-state index contributed by atoms with van der Waals surface area (Å²) in [4.78, 5) is 25.1. The Bertz CT molecular complexity index is 868. The highest BCUT2D eigenvalue weighted by molar-refractivity contribution is 8.00. The third-order valence-electron chi connectivity index (χ3n) is 4.74. The fraction of sp³-hybridized carbons (Fsp3) is 0.455. The van der Waals surface area contributed by atoms with Gasteiger partial charge in [-0.05, 0) is 56.1 Å². The average molecular weight is 419 g/mol. The second kappa shape index (κ2) is 10.8. The van der Waals surface area contributed by atoms with Crippen LogP contribution < -0.4 is 5.63 Å². The molecule has 1 aromatic carbocycles. The van der Waals surface area contributed by atoms with Crippen LogP contribution in [0.25, 0.3) is 11.0 Å². The van der Waals surface area contributed by atoms with Crippen LogP contribution in [0.1, 0.15) is 44.9 Å². The lowest BCUT2D eigenvalue weighted by Gasteiger charge is -2.10. The van der Waals surface area contributed by atoms with E-state index >= 15 is 0 Å². The normalized spacial score (nSPS) is 14.4. The van der Waals surface area contributed by atoms with Gasteiger partial charge in [0.05, 0.1) is 6.61 Å². The van der Waals surface area contributed by atoms with Crippen molar-refractivity contribution >= 4 is 40.5 Å². The Morgan fingerprint density at radius 2 is 2.04 bits per heavy atom. The first kappa shape index (κ1) is 21.1. The SMILES string of the molecule is C=CC(=O)OCCCCCSc1cc(=O)oc2cc(SC3CCCC3)ccc12. The number of fused-ring (bicyclic) bond motifs is 1. The predicted octanol–water partition coefficient (Wildman–Crippen LogP) is 5.82. The number of hydrogen-bond acceptors (Lipinski definition) is 6. The molecule has 1 saturated carbocycles. The van der Waals surface area contributed by atoms with E-state index in [0.717, 1.165) is 35.3 Å². The Kier molecular flexibility index (Phi) is 8.10. The molecule has 0 radical (unpaired) electrons. The molecular weight excluding hydrogens is 392 g/mol. The van der Waals surface area contributed by atoms with Crippen LogP contribution in [0.2, 0.25) is 0 Å². The molecule has 4 nitrogen and oxygen atoms in total. The third-order valence-corrected chi connectivity index (χ3v) is 7.21. The summed E-state index contributed by atoms with van der Waals surface area (Å²) < 4.78 is 10.4. The van der Waals surface area contributed by atoms with E-state index in [1.165, 1.54) is 36.7 Å². The molecule has 1 fully saturated rings. The van der Waals surface area contributed by atoms with Crippen LogP contribution >= 0.6 is 23.5 Å². The van der Waals surface area contributed by atoms with Gasteiger partial charge in [-0.2, -0.15) is 0 Å². The quantitative estimate of drug-likeness (QED) is 0.159. The molecule has 1 heterocycles. The molecule has 28 heavy (non-hydrogen) atoms. The minimum Gasteiger partial charge on any atom is -0.463 e. The van der Waals surface area contributed by atoms with E-state index < -0.39 is 0 Å². The van der Waals surface area contributed by atoms with E-state index in [0.29, 0.717) is 17.4 Å². The summed E-state index contributed by atoms with van der Waals surface area (Å²) in [5, 5.41) is 1.69. The number of carbonyl (C=O) groups excluding carboxylic acids is 1. The van der Waals surface area contributed by atoms with Crippen molar-refractivity contribution in [3.05, 3.63) is 47.3 Å². The maximum atomic E-state index is 12.0. The number of rotatable bonds is 10. The average Bonchev–Trinajstić information content (AvgIpc) is 3.19. The number of hydrogen-bond donors (Lipinski definition) is 0. The lowest BCUT2D eigenvalue weighted by Crippen LogP contribution is -2.01. The van der Waals surface area contributed by atoms with Crippen LogP contribution in [-0.4, -0.2) is 23.6 Å². The molecule has 1 aliphatic carbocycles. The fourth-order valence-corrected chi connectivity index (χ4v) is 5.65. The smallest absolute Gasteiger partial charge is 0.337 e. The lowest BCUT2D eigenvalue weighted by atomic mass is 10.2. The highest BCUT2D eigenvalue weighted by Gasteiger charge is 2.17. The molecule has 1 aliphatic rings. The van der Waals surface area contributed by atoms with Crippen LogP contribution in [0.3, 0.4) is 0 Å². The molecule has 6 heteroatoms. The molecule has 3 rings (SSSR count).